The van der Waals surface area contributed by atoms with Crippen LogP contribution in [0.4, 0.5) is 0 Å². The molecule has 0 aromatic heterocycles. The van der Waals surface area contributed by atoms with Crippen LogP contribution >= 0.6 is 11.6 Å². The molecule has 0 saturated carbocycles. The number of carbonyl (C=O) groups excluding carboxylic acids is 1. The Hall–Kier alpha value is -2.53. The van der Waals surface area contributed by atoms with Crippen molar-refractivity contribution in [3.05, 3.63) is 59.7 Å². The molecule has 0 fully saturated rings. The van der Waals surface area contributed by atoms with Crippen LogP contribution in [-0.2, 0) is 11.2 Å². The number of aromatic hydroxyl groups is 2. The number of aliphatic imine (C=N–C) groups is 1. The number of unbranched alkanes of at least 4 members (excludes halogenated alkanes) is 1. The SMILES string of the molecule is C=CCC/C=C/C(Cc1c(Cl)c(O)cc(O)c1C(=O)OCCC=C)=NC. The van der Waals surface area contributed by atoms with Gasteiger partial charge in [0.25, 0.3) is 0 Å². The van der Waals surface area contributed by atoms with Crippen LogP contribution in [0.3, 0.4) is 0 Å². The number of hydrogen-bond acceptors (Lipinski definition) is 5. The van der Waals surface area contributed by atoms with Gasteiger partial charge in [0.1, 0.15) is 17.1 Å². The number of phenolic OH excluding ortho intramolecular Hbond substituents is 2. The number of ether oxygens (including phenoxy) is 1. The van der Waals surface area contributed by atoms with E-state index < -0.39 is 11.7 Å². The maximum absolute atomic E-state index is 12.4. The number of phenols is 2. The third-order valence-electron chi connectivity index (χ3n) is 3.57. The third kappa shape index (κ3) is 6.08. The van der Waals surface area contributed by atoms with E-state index in [1.165, 1.54) is 0 Å². The van der Waals surface area contributed by atoms with Gasteiger partial charge in [0.2, 0.25) is 0 Å². The molecule has 6 heteroatoms. The van der Waals surface area contributed by atoms with Gasteiger partial charge in [-0.2, -0.15) is 0 Å². The number of rotatable bonds is 10. The summed E-state index contributed by atoms with van der Waals surface area (Å²) in [6.07, 6.45) is 9.47. The summed E-state index contributed by atoms with van der Waals surface area (Å²) < 4.78 is 5.13. The van der Waals surface area contributed by atoms with Crippen molar-refractivity contribution in [1.82, 2.24) is 0 Å². The van der Waals surface area contributed by atoms with Crippen molar-refractivity contribution in [2.45, 2.75) is 25.7 Å². The molecule has 0 aliphatic carbocycles. The standard InChI is InChI=1S/C20H24ClNO4/c1-4-6-8-9-10-14(22-3)12-15-18(20(25)26-11-7-5-2)16(23)13-17(24)19(15)21/h4-5,9-10,13,23-24H,1-2,6-8,11-12H2,3H3/b10-9+,22-14?. The van der Waals surface area contributed by atoms with Crippen molar-refractivity contribution in [3.8, 4) is 11.5 Å². The minimum Gasteiger partial charge on any atom is -0.507 e. The Balaban J connectivity index is 3.18. The Labute approximate surface area is 159 Å². The fraction of sp³-hybridized carbons (Fsp3) is 0.300. The highest BCUT2D eigenvalue weighted by Gasteiger charge is 2.24. The summed E-state index contributed by atoms with van der Waals surface area (Å²) in [6.45, 7) is 7.36. The monoisotopic (exact) mass is 377 g/mol. The van der Waals surface area contributed by atoms with Gasteiger partial charge in [-0.1, -0.05) is 29.8 Å². The zero-order chi connectivity index (χ0) is 19.5. The summed E-state index contributed by atoms with van der Waals surface area (Å²) >= 11 is 6.18. The van der Waals surface area contributed by atoms with Crippen molar-refractivity contribution in [2.24, 2.45) is 4.99 Å². The van der Waals surface area contributed by atoms with E-state index >= 15 is 0 Å². The molecule has 0 radical (unpaired) electrons. The van der Waals surface area contributed by atoms with E-state index in [1.807, 2.05) is 18.2 Å². The molecule has 0 unspecified atom stereocenters. The molecule has 0 atom stereocenters. The van der Waals surface area contributed by atoms with Crippen molar-refractivity contribution in [2.75, 3.05) is 13.7 Å². The van der Waals surface area contributed by atoms with Crippen LogP contribution in [0.15, 0.2) is 48.5 Å². The van der Waals surface area contributed by atoms with Crippen molar-refractivity contribution >= 4 is 23.3 Å². The van der Waals surface area contributed by atoms with Crippen LogP contribution in [0.5, 0.6) is 11.5 Å². The Morgan fingerprint density at radius 1 is 1.23 bits per heavy atom. The molecule has 1 aromatic rings. The van der Waals surface area contributed by atoms with Gasteiger partial charge in [0.05, 0.1) is 11.6 Å². The smallest absolute Gasteiger partial charge is 0.342 e. The molecule has 1 rings (SSSR count). The van der Waals surface area contributed by atoms with E-state index in [2.05, 4.69) is 18.2 Å². The number of hydrogen-bond donors (Lipinski definition) is 2. The van der Waals surface area contributed by atoms with Crippen molar-refractivity contribution in [3.63, 3.8) is 0 Å². The number of halogens is 1. The van der Waals surface area contributed by atoms with E-state index in [1.54, 1.807) is 13.1 Å². The second kappa shape index (κ2) is 11.2. The van der Waals surface area contributed by atoms with Gasteiger partial charge in [0.15, 0.2) is 0 Å². The number of esters is 1. The molecule has 0 spiro atoms. The molecular weight excluding hydrogens is 354 g/mol. The largest absolute Gasteiger partial charge is 0.507 e. The summed E-state index contributed by atoms with van der Waals surface area (Å²) in [5.74, 6) is -1.42. The lowest BCUT2D eigenvalue weighted by Crippen LogP contribution is -2.12. The van der Waals surface area contributed by atoms with Crippen LogP contribution in [-0.4, -0.2) is 35.5 Å². The number of carbonyl (C=O) groups is 1. The van der Waals surface area contributed by atoms with E-state index in [9.17, 15) is 15.0 Å². The summed E-state index contributed by atoms with van der Waals surface area (Å²) in [4.78, 5) is 16.5. The molecule has 2 N–H and O–H groups in total. The number of nitrogens with zero attached hydrogens (tertiary/aromatic N) is 1. The maximum Gasteiger partial charge on any atom is 0.342 e. The van der Waals surface area contributed by atoms with E-state index in [4.69, 9.17) is 16.3 Å². The fourth-order valence-corrected chi connectivity index (χ4v) is 2.43. The Kier molecular flexibility index (Phi) is 9.23. The maximum atomic E-state index is 12.4. The van der Waals surface area contributed by atoms with Gasteiger partial charge in [-0.05, 0) is 30.9 Å². The lowest BCUT2D eigenvalue weighted by Gasteiger charge is -2.14. The second-order valence-electron chi connectivity index (χ2n) is 5.46. The zero-order valence-corrected chi connectivity index (χ0v) is 15.6. The highest BCUT2D eigenvalue weighted by atomic mass is 35.5. The van der Waals surface area contributed by atoms with Gasteiger partial charge in [0, 0.05) is 25.2 Å². The first-order chi connectivity index (χ1) is 12.5. The molecule has 0 aliphatic rings. The summed E-state index contributed by atoms with van der Waals surface area (Å²) in [6, 6.07) is 1.03. The van der Waals surface area contributed by atoms with Gasteiger partial charge >= 0.3 is 5.97 Å². The zero-order valence-electron chi connectivity index (χ0n) is 14.9. The average molecular weight is 378 g/mol. The number of allylic oxidation sites excluding steroid dienone is 3. The van der Waals surface area contributed by atoms with Crippen LogP contribution in [0.1, 0.15) is 35.2 Å². The third-order valence-corrected chi connectivity index (χ3v) is 3.99. The van der Waals surface area contributed by atoms with Crippen LogP contribution < -0.4 is 0 Å². The summed E-state index contributed by atoms with van der Waals surface area (Å²) in [7, 11) is 1.62. The van der Waals surface area contributed by atoms with E-state index in [0.717, 1.165) is 18.9 Å². The highest BCUT2D eigenvalue weighted by molar-refractivity contribution is 6.33. The Morgan fingerprint density at radius 3 is 2.54 bits per heavy atom. The molecule has 0 bridgehead atoms. The first kappa shape index (κ1) is 21.5. The fourth-order valence-electron chi connectivity index (χ4n) is 2.21. The van der Waals surface area contributed by atoms with Gasteiger partial charge in [-0.3, -0.25) is 4.99 Å². The molecule has 0 aliphatic heterocycles. The van der Waals surface area contributed by atoms with Crippen LogP contribution in [0.25, 0.3) is 0 Å². The van der Waals surface area contributed by atoms with Crippen molar-refractivity contribution in [1.29, 1.82) is 0 Å². The Bertz CT molecular complexity index is 723. The first-order valence-corrected chi connectivity index (χ1v) is 8.58. The molecule has 5 nitrogen and oxygen atoms in total. The van der Waals surface area contributed by atoms with E-state index in [0.29, 0.717) is 12.1 Å². The van der Waals surface area contributed by atoms with Crippen LogP contribution in [0.2, 0.25) is 5.02 Å². The normalized spacial score (nSPS) is 11.5. The second-order valence-corrected chi connectivity index (χ2v) is 5.83. The summed E-state index contributed by atoms with van der Waals surface area (Å²) in [5, 5.41) is 20.0. The van der Waals surface area contributed by atoms with Crippen molar-refractivity contribution < 1.29 is 19.7 Å². The van der Waals surface area contributed by atoms with Crippen LogP contribution in [0, 0.1) is 0 Å². The van der Waals surface area contributed by atoms with Gasteiger partial charge in [-0.15, -0.1) is 13.2 Å². The average Bonchev–Trinajstić information content (AvgIpc) is 2.61. The van der Waals surface area contributed by atoms with Gasteiger partial charge < -0.3 is 14.9 Å². The first-order valence-electron chi connectivity index (χ1n) is 8.20. The molecule has 0 heterocycles. The van der Waals surface area contributed by atoms with E-state index in [-0.39, 0.29) is 34.9 Å². The molecule has 26 heavy (non-hydrogen) atoms. The summed E-state index contributed by atoms with van der Waals surface area (Å²) in [5.41, 5.74) is 0.834. The lowest BCUT2D eigenvalue weighted by atomic mass is 9.99. The quantitative estimate of drug-likeness (QED) is 0.270. The minimum absolute atomic E-state index is 0.0147. The molecule has 1 aromatic carbocycles. The highest BCUT2D eigenvalue weighted by Crippen LogP contribution is 2.37. The lowest BCUT2D eigenvalue weighted by molar-refractivity contribution is 0.0507. The molecular formula is C20H24ClNO4. The molecule has 0 saturated heterocycles. The topological polar surface area (TPSA) is 79.1 Å². The molecule has 140 valence electrons. The Morgan fingerprint density at radius 2 is 1.92 bits per heavy atom. The number of benzene rings is 1. The molecule has 0 amide bonds. The minimum atomic E-state index is -0.715. The predicted octanol–water partition coefficient (Wildman–Crippen LogP) is 4.62. The van der Waals surface area contributed by atoms with Gasteiger partial charge in [-0.25, -0.2) is 4.79 Å². The predicted molar refractivity (Wildman–Crippen MR) is 106 cm³/mol.